The van der Waals surface area contributed by atoms with Crippen LogP contribution in [-0.4, -0.2) is 52.3 Å². The van der Waals surface area contributed by atoms with Crippen molar-refractivity contribution in [2.75, 3.05) is 24.5 Å². The summed E-state index contributed by atoms with van der Waals surface area (Å²) in [4.78, 5) is 41.0. The van der Waals surface area contributed by atoms with E-state index < -0.39 is 0 Å². The minimum atomic E-state index is -0.385. The van der Waals surface area contributed by atoms with E-state index in [-0.39, 0.29) is 35.1 Å². The molecule has 0 aliphatic carbocycles. The van der Waals surface area contributed by atoms with Crippen LogP contribution in [0.25, 0.3) is 0 Å². The molecule has 2 fully saturated rings. The molecule has 0 atom stereocenters. The SMILES string of the molecule is O=C1CN(C2CCN(Cc3cccc([N+](=O)[O-])c3)CC2)C(=O)N1c1ccccc1. The molecule has 2 saturated heterocycles. The Kier molecular flexibility index (Phi) is 5.26. The van der Waals surface area contributed by atoms with Gasteiger partial charge in [0.05, 0.1) is 10.6 Å². The number of carbonyl (C=O) groups excluding carboxylic acids is 2. The number of anilines is 1. The second-order valence-electron chi connectivity index (χ2n) is 7.41. The minimum Gasteiger partial charge on any atom is -0.312 e. The van der Waals surface area contributed by atoms with Crippen molar-refractivity contribution in [1.82, 2.24) is 9.80 Å². The van der Waals surface area contributed by atoms with Gasteiger partial charge in [-0.1, -0.05) is 30.3 Å². The van der Waals surface area contributed by atoms with E-state index in [1.165, 1.54) is 11.0 Å². The summed E-state index contributed by atoms with van der Waals surface area (Å²) >= 11 is 0. The van der Waals surface area contributed by atoms with Crippen LogP contribution >= 0.6 is 0 Å². The molecule has 0 aromatic heterocycles. The second-order valence-corrected chi connectivity index (χ2v) is 7.41. The van der Waals surface area contributed by atoms with E-state index in [2.05, 4.69) is 4.90 Å². The summed E-state index contributed by atoms with van der Waals surface area (Å²) in [5.74, 6) is -0.194. The Morgan fingerprint density at radius 2 is 1.72 bits per heavy atom. The lowest BCUT2D eigenvalue weighted by atomic mass is 10.0. The van der Waals surface area contributed by atoms with Gasteiger partial charge in [-0.3, -0.25) is 19.8 Å². The number of para-hydroxylation sites is 1. The van der Waals surface area contributed by atoms with E-state index in [1.54, 1.807) is 29.2 Å². The van der Waals surface area contributed by atoms with E-state index in [9.17, 15) is 19.7 Å². The topological polar surface area (TPSA) is 87.0 Å². The van der Waals surface area contributed by atoms with Gasteiger partial charge in [0, 0.05) is 37.8 Å². The first-order chi connectivity index (χ1) is 14.0. The van der Waals surface area contributed by atoms with Crippen molar-refractivity contribution in [2.45, 2.75) is 25.4 Å². The lowest BCUT2D eigenvalue weighted by Gasteiger charge is -2.36. The molecule has 0 saturated carbocycles. The van der Waals surface area contributed by atoms with Crippen molar-refractivity contribution in [3.05, 3.63) is 70.3 Å². The molecule has 2 heterocycles. The van der Waals surface area contributed by atoms with E-state index in [0.717, 1.165) is 31.5 Å². The van der Waals surface area contributed by atoms with Gasteiger partial charge < -0.3 is 4.90 Å². The smallest absolute Gasteiger partial charge is 0.312 e. The number of amides is 3. The monoisotopic (exact) mass is 394 g/mol. The van der Waals surface area contributed by atoms with E-state index >= 15 is 0 Å². The number of nitro groups is 1. The van der Waals surface area contributed by atoms with Gasteiger partial charge in [0.2, 0.25) is 0 Å². The number of nitrogens with zero attached hydrogens (tertiary/aromatic N) is 4. The molecule has 0 unspecified atom stereocenters. The number of nitro benzene ring substituents is 1. The molecule has 0 N–H and O–H groups in total. The van der Waals surface area contributed by atoms with Crippen molar-refractivity contribution in [3.8, 4) is 0 Å². The van der Waals surface area contributed by atoms with Crippen LogP contribution in [0, 0.1) is 10.1 Å². The number of non-ortho nitro benzene ring substituents is 1. The summed E-state index contributed by atoms with van der Waals surface area (Å²) in [7, 11) is 0. The Balaban J connectivity index is 1.36. The van der Waals surface area contributed by atoms with Crippen molar-refractivity contribution < 1.29 is 14.5 Å². The molecular weight excluding hydrogens is 372 g/mol. The number of urea groups is 1. The first-order valence-electron chi connectivity index (χ1n) is 9.67. The number of hydrogen-bond acceptors (Lipinski definition) is 5. The maximum absolute atomic E-state index is 12.8. The molecule has 2 aliphatic heterocycles. The number of likely N-dealkylation sites (tertiary alicyclic amines) is 1. The Morgan fingerprint density at radius 3 is 2.41 bits per heavy atom. The van der Waals surface area contributed by atoms with Gasteiger partial charge in [-0.05, 0) is 30.5 Å². The molecule has 8 nitrogen and oxygen atoms in total. The van der Waals surface area contributed by atoms with Crippen LogP contribution in [0.15, 0.2) is 54.6 Å². The molecule has 4 rings (SSSR count). The summed E-state index contributed by atoms with van der Waals surface area (Å²) in [6, 6.07) is 15.5. The van der Waals surface area contributed by atoms with Gasteiger partial charge in [0.1, 0.15) is 6.54 Å². The molecular formula is C21H22N4O4. The van der Waals surface area contributed by atoms with Crippen molar-refractivity contribution >= 4 is 23.3 Å². The van der Waals surface area contributed by atoms with Crippen LogP contribution in [-0.2, 0) is 11.3 Å². The average Bonchev–Trinajstić information content (AvgIpc) is 3.03. The summed E-state index contributed by atoms with van der Waals surface area (Å²) < 4.78 is 0. The number of benzene rings is 2. The standard InChI is InChI=1S/C21H22N4O4/c26-20-15-23(21(27)24(20)18-6-2-1-3-7-18)17-9-11-22(12-10-17)14-16-5-4-8-19(13-16)25(28)29/h1-8,13,17H,9-12,14-15H2. The molecule has 0 bridgehead atoms. The highest BCUT2D eigenvalue weighted by Gasteiger charge is 2.41. The number of rotatable bonds is 5. The summed E-state index contributed by atoms with van der Waals surface area (Å²) in [6.07, 6.45) is 1.55. The summed E-state index contributed by atoms with van der Waals surface area (Å²) in [6.45, 7) is 2.30. The Hall–Kier alpha value is -3.26. The Morgan fingerprint density at radius 1 is 1.00 bits per heavy atom. The van der Waals surface area contributed by atoms with Crippen LogP contribution in [0.4, 0.5) is 16.2 Å². The summed E-state index contributed by atoms with van der Waals surface area (Å²) in [5.41, 5.74) is 1.60. The third kappa shape index (κ3) is 3.97. The molecule has 29 heavy (non-hydrogen) atoms. The predicted molar refractivity (Wildman–Crippen MR) is 107 cm³/mol. The number of imide groups is 1. The van der Waals surface area contributed by atoms with E-state index in [4.69, 9.17) is 0 Å². The van der Waals surface area contributed by atoms with Gasteiger partial charge >= 0.3 is 6.03 Å². The highest BCUT2D eigenvalue weighted by Crippen LogP contribution is 2.27. The lowest BCUT2D eigenvalue weighted by Crippen LogP contribution is -2.46. The Labute approximate surface area is 168 Å². The quantitative estimate of drug-likeness (QED) is 0.442. The largest absolute Gasteiger partial charge is 0.332 e. The molecule has 2 aromatic rings. The van der Waals surface area contributed by atoms with Gasteiger partial charge in [0.15, 0.2) is 0 Å². The van der Waals surface area contributed by atoms with Gasteiger partial charge in [0.25, 0.3) is 11.6 Å². The van der Waals surface area contributed by atoms with Gasteiger partial charge in [-0.25, -0.2) is 9.69 Å². The molecule has 0 radical (unpaired) electrons. The third-order valence-electron chi connectivity index (χ3n) is 5.53. The highest BCUT2D eigenvalue weighted by molar-refractivity contribution is 6.19. The molecule has 0 spiro atoms. The summed E-state index contributed by atoms with van der Waals surface area (Å²) in [5, 5.41) is 10.9. The van der Waals surface area contributed by atoms with Gasteiger partial charge in [-0.15, -0.1) is 0 Å². The molecule has 8 heteroatoms. The van der Waals surface area contributed by atoms with Crippen LogP contribution in [0.2, 0.25) is 0 Å². The third-order valence-corrected chi connectivity index (χ3v) is 5.53. The molecule has 2 aliphatic rings. The van der Waals surface area contributed by atoms with Crippen LogP contribution in [0.3, 0.4) is 0 Å². The average molecular weight is 394 g/mol. The zero-order valence-electron chi connectivity index (χ0n) is 15.9. The Bertz CT molecular complexity index is 925. The lowest BCUT2D eigenvalue weighted by molar-refractivity contribution is -0.384. The molecule has 150 valence electrons. The number of piperidine rings is 1. The van der Waals surface area contributed by atoms with Crippen molar-refractivity contribution in [3.63, 3.8) is 0 Å². The molecule has 2 aromatic carbocycles. The normalized spacial score (nSPS) is 18.5. The van der Waals surface area contributed by atoms with Crippen LogP contribution in [0.5, 0.6) is 0 Å². The zero-order valence-corrected chi connectivity index (χ0v) is 15.9. The first kappa shape index (κ1) is 19.1. The predicted octanol–water partition coefficient (Wildman–Crippen LogP) is 3.03. The number of carbonyl (C=O) groups is 2. The fourth-order valence-electron chi connectivity index (χ4n) is 4.05. The number of hydrogen-bond donors (Lipinski definition) is 0. The highest BCUT2D eigenvalue weighted by atomic mass is 16.6. The fourth-order valence-corrected chi connectivity index (χ4v) is 4.05. The van der Waals surface area contributed by atoms with E-state index in [0.29, 0.717) is 12.2 Å². The van der Waals surface area contributed by atoms with E-state index in [1.807, 2.05) is 24.3 Å². The van der Waals surface area contributed by atoms with Crippen LogP contribution in [0.1, 0.15) is 18.4 Å². The second kappa shape index (κ2) is 8.00. The fraction of sp³-hybridized carbons (Fsp3) is 0.333. The maximum atomic E-state index is 12.8. The van der Waals surface area contributed by atoms with Crippen molar-refractivity contribution in [2.24, 2.45) is 0 Å². The maximum Gasteiger partial charge on any atom is 0.332 e. The van der Waals surface area contributed by atoms with Crippen molar-refractivity contribution in [1.29, 1.82) is 0 Å². The zero-order chi connectivity index (χ0) is 20.4. The van der Waals surface area contributed by atoms with Crippen LogP contribution < -0.4 is 4.90 Å². The van der Waals surface area contributed by atoms with Gasteiger partial charge in [-0.2, -0.15) is 0 Å². The molecule has 3 amide bonds. The minimum absolute atomic E-state index is 0.0292. The first-order valence-corrected chi connectivity index (χ1v) is 9.67.